The summed E-state index contributed by atoms with van der Waals surface area (Å²) in [6.45, 7) is 17.4. The second-order valence-electron chi connectivity index (χ2n) is 27.6. The van der Waals surface area contributed by atoms with E-state index in [2.05, 4.69) is 222 Å². The Morgan fingerprint density at radius 1 is 0.288 bits per heavy atom. The first-order chi connectivity index (χ1) is 53.3. The van der Waals surface area contributed by atoms with Gasteiger partial charge in [0.15, 0.2) is 36.2 Å². The van der Waals surface area contributed by atoms with Gasteiger partial charge in [0.2, 0.25) is 0 Å². The summed E-state index contributed by atoms with van der Waals surface area (Å²) >= 11 is 30.9. The molecule has 12 heterocycles. The van der Waals surface area contributed by atoms with E-state index in [4.69, 9.17) is 0 Å². The highest BCUT2D eigenvalue weighted by Gasteiger charge is 2.28. The quantitative estimate of drug-likeness (QED) is 0.0998. The number of benzene rings is 6. The van der Waals surface area contributed by atoms with E-state index in [0.717, 1.165) is 57.9 Å². The summed E-state index contributed by atoms with van der Waals surface area (Å²) in [7, 11) is 0. The number of hydrogen-bond acceptors (Lipinski definition) is 18. The summed E-state index contributed by atoms with van der Waals surface area (Å²) in [4.78, 5) is 81.1. The van der Waals surface area contributed by atoms with Crippen molar-refractivity contribution in [2.45, 2.75) is 62.3 Å². The van der Waals surface area contributed by atoms with E-state index in [-0.39, 0.29) is 33.6 Å². The van der Waals surface area contributed by atoms with Gasteiger partial charge < -0.3 is 0 Å². The Bertz CT molecular complexity index is 5780. The summed E-state index contributed by atoms with van der Waals surface area (Å²) < 4.78 is 11.7. The molecule has 0 unspecified atom stereocenters. The summed E-state index contributed by atoms with van der Waals surface area (Å²) in [5.74, 6) is 0.546. The van der Waals surface area contributed by atoms with E-state index in [1.165, 1.54) is 161 Å². The smallest absolute Gasteiger partial charge is 0.178 e. The van der Waals surface area contributed by atoms with E-state index in [9.17, 15) is 28.8 Å². The summed E-state index contributed by atoms with van der Waals surface area (Å²) in [6.07, 6.45) is 2.52. The second kappa shape index (κ2) is 39.2. The highest BCUT2D eigenvalue weighted by molar-refractivity contribution is 9.11. The minimum absolute atomic E-state index is 0.159. The number of ketones is 3. The molecule has 0 saturated heterocycles. The molecule has 0 aliphatic rings. The first-order valence-electron chi connectivity index (χ1n) is 34.6. The molecule has 21 heteroatoms. The maximum atomic E-state index is 12.3. The van der Waals surface area contributed by atoms with E-state index in [1.807, 2.05) is 173 Å². The van der Waals surface area contributed by atoms with Crippen molar-refractivity contribution in [3.05, 3.63) is 301 Å². The molecule has 6 nitrogen and oxygen atoms in total. The maximum Gasteiger partial charge on any atom is 0.178 e. The van der Waals surface area contributed by atoms with Crippen LogP contribution < -0.4 is 0 Å². The molecular weight excluding hydrogens is 1800 g/mol. The molecule has 0 fully saturated rings. The van der Waals surface area contributed by atoms with Crippen molar-refractivity contribution in [2.75, 3.05) is 0 Å². The van der Waals surface area contributed by atoms with Crippen LogP contribution in [0.15, 0.2) is 272 Å². The molecule has 111 heavy (non-hydrogen) atoms. The van der Waals surface area contributed by atoms with Crippen LogP contribution in [0.5, 0.6) is 0 Å². The number of fused-ring (bicyclic) bond motifs is 6. The predicted octanol–water partition coefficient (Wildman–Crippen LogP) is 33.2. The van der Waals surface area contributed by atoms with Gasteiger partial charge in [-0.3, -0.25) is 28.8 Å². The molecule has 0 radical (unpaired) electrons. The predicted molar refractivity (Wildman–Crippen MR) is 503 cm³/mol. The Kier molecular flexibility index (Phi) is 29.9. The zero-order valence-corrected chi connectivity index (χ0v) is 76.1. The van der Waals surface area contributed by atoms with Crippen LogP contribution in [0, 0.1) is 16.2 Å². The van der Waals surface area contributed by atoms with Gasteiger partial charge in [-0.2, -0.15) is 0 Å². The van der Waals surface area contributed by atoms with Crippen LogP contribution in [0.4, 0.5) is 0 Å². The molecule has 12 aromatic heterocycles. The highest BCUT2D eigenvalue weighted by Crippen LogP contribution is 2.50. The van der Waals surface area contributed by atoms with E-state index < -0.39 is 0 Å². The number of halogens is 3. The van der Waals surface area contributed by atoms with Gasteiger partial charge in [0, 0.05) is 109 Å². The number of aldehydes is 3. The molecule has 0 aliphatic carbocycles. The molecule has 0 aliphatic heterocycles. The van der Waals surface area contributed by atoms with E-state index >= 15 is 0 Å². The van der Waals surface area contributed by atoms with Gasteiger partial charge in [-0.15, -0.1) is 136 Å². The monoisotopic (exact) mass is 1870 g/mol. The molecule has 0 spiro atoms. The van der Waals surface area contributed by atoms with Gasteiger partial charge in [-0.1, -0.05) is 184 Å². The second-order valence-corrected chi connectivity index (χ2v) is 42.5. The lowest BCUT2D eigenvalue weighted by Crippen LogP contribution is -2.18. The highest BCUT2D eigenvalue weighted by atomic mass is 79.9. The topological polar surface area (TPSA) is 102 Å². The van der Waals surface area contributed by atoms with Gasteiger partial charge >= 0.3 is 0 Å². The Morgan fingerprint density at radius 3 is 1.06 bits per heavy atom. The maximum absolute atomic E-state index is 12.3. The zero-order chi connectivity index (χ0) is 79.0. The Hall–Kier alpha value is -7.26. The van der Waals surface area contributed by atoms with Crippen molar-refractivity contribution >= 4 is 281 Å². The molecule has 0 N–H and O–H groups in total. The first-order valence-corrected chi connectivity index (χ1v) is 47.0. The lowest BCUT2D eigenvalue weighted by Gasteiger charge is -2.14. The average molecular weight is 1880 g/mol. The number of thiophene rings is 12. The number of rotatable bonds is 10. The molecule has 18 rings (SSSR count). The van der Waals surface area contributed by atoms with Crippen LogP contribution in [-0.2, 0) is 0 Å². The lowest BCUT2D eigenvalue weighted by atomic mass is 9.90. The Balaban J connectivity index is 0.000000129. The van der Waals surface area contributed by atoms with Crippen LogP contribution in [-0.4, -0.2) is 36.2 Å². The Labute approximate surface area is 719 Å². The average Bonchev–Trinajstić information content (AvgIpc) is 1.62. The third-order valence-electron chi connectivity index (χ3n) is 16.2. The fourth-order valence-corrected chi connectivity index (χ4v) is 25.1. The van der Waals surface area contributed by atoms with Gasteiger partial charge in [0.25, 0.3) is 0 Å². The molecule has 0 saturated carbocycles. The molecular formula is C90H73Br3O6S12. The van der Waals surface area contributed by atoms with Gasteiger partial charge in [-0.05, 0) is 195 Å². The summed E-state index contributed by atoms with van der Waals surface area (Å²) in [5.41, 5.74) is -0.985. The van der Waals surface area contributed by atoms with Gasteiger partial charge in [0.05, 0.1) is 39.0 Å². The summed E-state index contributed by atoms with van der Waals surface area (Å²) in [5, 5.41) is 16.0. The molecule has 0 bridgehead atoms. The van der Waals surface area contributed by atoms with Crippen molar-refractivity contribution in [2.24, 2.45) is 16.2 Å². The normalized spacial score (nSPS) is 11.1. The largest absolute Gasteiger partial charge is 0.297 e. The van der Waals surface area contributed by atoms with Crippen LogP contribution in [0.3, 0.4) is 0 Å². The van der Waals surface area contributed by atoms with Crippen LogP contribution in [0.25, 0.3) is 99.5 Å². The third kappa shape index (κ3) is 22.4. The Morgan fingerprint density at radius 2 is 0.676 bits per heavy atom. The van der Waals surface area contributed by atoms with Crippen molar-refractivity contribution < 1.29 is 28.8 Å². The molecule has 562 valence electrons. The molecule has 0 atom stereocenters. The van der Waals surface area contributed by atoms with Crippen molar-refractivity contribution in [3.8, 4) is 39.0 Å². The number of Topliss-reactive ketones (excluding diaryl/α,β-unsaturated/α-hetero) is 3. The van der Waals surface area contributed by atoms with Crippen molar-refractivity contribution in [1.29, 1.82) is 0 Å². The van der Waals surface area contributed by atoms with E-state index in [1.54, 1.807) is 40.9 Å². The van der Waals surface area contributed by atoms with Crippen LogP contribution in [0.2, 0.25) is 0 Å². The summed E-state index contributed by atoms with van der Waals surface area (Å²) in [6, 6.07) is 80.2. The third-order valence-corrected chi connectivity index (χ3v) is 32.4. The SMILES string of the molecule is Brc1c(-c2sc3ccccc3c2Br)sc2ccccc12.Brc1csc2ccccc12.CC(C)(C)C(=O)c1ccc(-c2ccc(C(=O)C(C)(C)C)s2)s1.CC(C)(C)C(=O)c1cccs1.O=Cc1ccc(-c2ccc(C=O)s2)s1.O=Cc1cccs1.c1ccc2sc(-c3cc4ccccc4s3)cc2c1.c1ccc2sccc2c1. The number of hydrogen-bond donors (Lipinski definition) is 0. The minimum Gasteiger partial charge on any atom is -0.297 e. The minimum atomic E-state index is -0.370. The molecule has 0 amide bonds. The van der Waals surface area contributed by atoms with Crippen molar-refractivity contribution in [1.82, 2.24) is 0 Å². The van der Waals surface area contributed by atoms with Crippen molar-refractivity contribution in [3.63, 3.8) is 0 Å². The fraction of sp³-hybridized carbons (Fsp3) is 0.133. The van der Waals surface area contributed by atoms with Crippen LogP contribution in [0.1, 0.15) is 120 Å². The zero-order valence-electron chi connectivity index (χ0n) is 61.5. The standard InChI is InChI=1S/C18H22O2S2.C16H8Br2S2.C16H10S2.C10H6O2S2.C9H12OS.C8H5BrS.C8H6S.C5H4OS/c1-17(2,3)15(19)13-9-7-11(21-13)12-8-10-14(22-12)16(20)18(4,5)6;17-13-9-5-1-3-7-11(9)19-15(13)16-14(18)10-6-2-4-8-12(10)20-16;1-3-7-13-11(5-1)9-15(17-13)16-10-12-6-2-4-8-14(12)18-16;11-5-7-1-3-9(13-7)10-4-2-8(6-12)14-10;1-9(2,3)8(10)7-5-4-6-11-7;9-7-5-10-8-4-2-1-3-6(7)8;1-2-4-8-7(3-1)5-6-9-8;6-4-5-2-1-3-7-5/h7-10H,1-6H3;1-8H;1-10H;1-6H;4-6H,1-3H3;1-5H;1-6H;1-4H. The number of carbonyl (C=O) groups is 6. The molecule has 6 aromatic carbocycles. The number of carbonyl (C=O) groups excluding carboxylic acids is 6. The van der Waals surface area contributed by atoms with Gasteiger partial charge in [0.1, 0.15) is 0 Å². The van der Waals surface area contributed by atoms with E-state index in [0.29, 0.717) is 9.75 Å². The lowest BCUT2D eigenvalue weighted by molar-refractivity contribution is 0.0857. The van der Waals surface area contributed by atoms with Gasteiger partial charge in [-0.25, -0.2) is 0 Å². The molecule has 18 aromatic rings. The van der Waals surface area contributed by atoms with Crippen LogP contribution >= 0.6 is 184 Å². The fourth-order valence-electron chi connectivity index (χ4n) is 10.5. The first kappa shape index (κ1) is 84.6.